The molecule has 1 fully saturated rings. The lowest BCUT2D eigenvalue weighted by Crippen LogP contribution is -2.59. The molecule has 1 saturated carbocycles. The molecule has 0 aliphatic heterocycles. The molecule has 8 heteroatoms. The van der Waals surface area contributed by atoms with Gasteiger partial charge in [-0.15, -0.1) is 0 Å². The third-order valence-corrected chi connectivity index (χ3v) is 4.08. The van der Waals surface area contributed by atoms with Gasteiger partial charge in [-0.1, -0.05) is 16.9 Å². The fraction of sp³-hybridized carbons (Fsp3) is 0.562. The Kier molecular flexibility index (Phi) is 4.96. The molecule has 1 aliphatic rings. The maximum absolute atomic E-state index is 13.1. The van der Waals surface area contributed by atoms with E-state index >= 15 is 0 Å². The highest BCUT2D eigenvalue weighted by molar-refractivity contribution is 5.76. The Hall–Kier alpha value is -1.99. The summed E-state index contributed by atoms with van der Waals surface area (Å²) >= 11 is 0. The van der Waals surface area contributed by atoms with Gasteiger partial charge in [0.05, 0.1) is 7.05 Å². The molecular weight excluding hydrogens is 326 g/mol. The van der Waals surface area contributed by atoms with Crippen LogP contribution in [-0.2, 0) is 0 Å². The molecule has 0 heterocycles. The van der Waals surface area contributed by atoms with Crippen molar-refractivity contribution < 1.29 is 27.5 Å². The van der Waals surface area contributed by atoms with Crippen LogP contribution in [0.3, 0.4) is 0 Å². The second-order valence-corrected chi connectivity index (χ2v) is 6.63. The standard InChI is InChI=1S/C16H21F4N3O/c1-15(2,16(18,19)20)22-14(23(3)24)21-13(10-4-5-10)11-6-8-12(17)9-7-11/h6-10,13,24H,4-5H2,1-3H3,(H,21,22)/p+1. The molecule has 0 saturated heterocycles. The zero-order chi connectivity index (χ0) is 18.1. The van der Waals surface area contributed by atoms with E-state index in [1.54, 1.807) is 12.1 Å². The maximum atomic E-state index is 13.1. The zero-order valence-electron chi connectivity index (χ0n) is 13.8. The first-order valence-corrected chi connectivity index (χ1v) is 7.68. The normalized spacial score (nSPS) is 18.0. The molecule has 0 radical (unpaired) electrons. The minimum Gasteiger partial charge on any atom is -0.376 e. The van der Waals surface area contributed by atoms with E-state index in [0.29, 0.717) is 4.74 Å². The molecule has 3 N–H and O–H groups in total. The van der Waals surface area contributed by atoms with Crippen molar-refractivity contribution in [2.24, 2.45) is 5.92 Å². The molecule has 24 heavy (non-hydrogen) atoms. The Morgan fingerprint density at radius 1 is 1.21 bits per heavy atom. The van der Waals surface area contributed by atoms with E-state index in [-0.39, 0.29) is 23.7 Å². The molecule has 0 spiro atoms. The number of rotatable bonds is 4. The number of halogens is 4. The van der Waals surface area contributed by atoms with Crippen molar-refractivity contribution in [2.75, 3.05) is 7.05 Å². The topological polar surface area (TPSA) is 47.3 Å². The van der Waals surface area contributed by atoms with Crippen LogP contribution in [0.5, 0.6) is 0 Å². The molecule has 0 aromatic heterocycles. The molecule has 1 aromatic rings. The highest BCUT2D eigenvalue weighted by atomic mass is 19.4. The number of benzene rings is 1. The highest BCUT2D eigenvalue weighted by Gasteiger charge is 2.51. The lowest BCUT2D eigenvalue weighted by molar-refractivity contribution is -0.757. The van der Waals surface area contributed by atoms with Crippen LogP contribution in [0.25, 0.3) is 0 Å². The maximum Gasteiger partial charge on any atom is 0.424 e. The molecule has 4 nitrogen and oxygen atoms in total. The largest absolute Gasteiger partial charge is 0.424 e. The fourth-order valence-corrected chi connectivity index (χ4v) is 2.30. The molecule has 1 aliphatic carbocycles. The van der Waals surface area contributed by atoms with E-state index in [4.69, 9.17) is 0 Å². The van der Waals surface area contributed by atoms with E-state index in [9.17, 15) is 22.8 Å². The summed E-state index contributed by atoms with van der Waals surface area (Å²) in [5.74, 6) is -0.312. The van der Waals surface area contributed by atoms with Gasteiger partial charge in [-0.25, -0.2) is 4.39 Å². The number of hydroxylamine groups is 1. The predicted octanol–water partition coefficient (Wildman–Crippen LogP) is 3.18. The molecule has 134 valence electrons. The summed E-state index contributed by atoms with van der Waals surface area (Å²) in [6.07, 6.45) is -2.67. The van der Waals surface area contributed by atoms with Crippen LogP contribution in [0.15, 0.2) is 24.3 Å². The van der Waals surface area contributed by atoms with E-state index in [2.05, 4.69) is 10.6 Å². The van der Waals surface area contributed by atoms with Crippen LogP contribution >= 0.6 is 0 Å². The third-order valence-electron chi connectivity index (χ3n) is 4.08. The molecule has 1 unspecified atom stereocenters. The van der Waals surface area contributed by atoms with Gasteiger partial charge in [0, 0.05) is 0 Å². The SMILES string of the molecule is C/[N+](O)=C(/NC(c1ccc(F)cc1)C1CC1)NC(C)(C)C(F)(F)F. The van der Waals surface area contributed by atoms with Crippen molar-refractivity contribution >= 4 is 5.96 Å². The lowest BCUT2D eigenvalue weighted by Gasteiger charge is -2.28. The smallest absolute Gasteiger partial charge is 0.376 e. The van der Waals surface area contributed by atoms with Crippen molar-refractivity contribution in [3.8, 4) is 0 Å². The second kappa shape index (κ2) is 6.49. The number of guanidine groups is 1. The van der Waals surface area contributed by atoms with Gasteiger partial charge in [0.25, 0.3) is 0 Å². The van der Waals surface area contributed by atoms with Gasteiger partial charge in [0.1, 0.15) is 11.9 Å². The first-order chi connectivity index (χ1) is 11.0. The predicted molar refractivity (Wildman–Crippen MR) is 81.2 cm³/mol. The molecule has 0 amide bonds. The van der Waals surface area contributed by atoms with Crippen LogP contribution in [0.1, 0.15) is 38.3 Å². The van der Waals surface area contributed by atoms with Crippen molar-refractivity contribution in [1.82, 2.24) is 10.6 Å². The molecule has 1 atom stereocenters. The number of hydrogen-bond acceptors (Lipinski definition) is 1. The van der Waals surface area contributed by atoms with Crippen molar-refractivity contribution in [3.05, 3.63) is 35.6 Å². The van der Waals surface area contributed by atoms with Gasteiger partial charge in [-0.2, -0.15) is 13.2 Å². The number of alkyl halides is 3. The number of nitrogens with zero attached hydrogens (tertiary/aromatic N) is 1. The average Bonchev–Trinajstić information content (AvgIpc) is 3.27. The summed E-state index contributed by atoms with van der Waals surface area (Å²) < 4.78 is 53.0. The van der Waals surface area contributed by atoms with E-state index < -0.39 is 11.7 Å². The summed E-state index contributed by atoms with van der Waals surface area (Å²) in [6, 6.07) is 5.49. The summed E-state index contributed by atoms with van der Waals surface area (Å²) in [4.78, 5) is 0. The van der Waals surface area contributed by atoms with Gasteiger partial charge < -0.3 is 5.21 Å². The van der Waals surface area contributed by atoms with Crippen molar-refractivity contribution in [2.45, 2.75) is 44.4 Å². The first kappa shape index (κ1) is 18.4. The Balaban J connectivity index is 2.22. The Morgan fingerprint density at radius 2 is 1.75 bits per heavy atom. The highest BCUT2D eigenvalue weighted by Crippen LogP contribution is 2.41. The van der Waals surface area contributed by atoms with E-state index in [1.165, 1.54) is 19.2 Å². The van der Waals surface area contributed by atoms with Crippen LogP contribution in [0.2, 0.25) is 0 Å². The van der Waals surface area contributed by atoms with Gasteiger partial charge in [-0.05, 0) is 50.3 Å². The second-order valence-electron chi connectivity index (χ2n) is 6.63. The zero-order valence-corrected chi connectivity index (χ0v) is 13.8. The van der Waals surface area contributed by atoms with Gasteiger partial charge in [0.2, 0.25) is 0 Å². The minimum absolute atomic E-state index is 0.154. The Labute approximate surface area is 138 Å². The summed E-state index contributed by atoms with van der Waals surface area (Å²) in [7, 11) is 1.23. The third kappa shape index (κ3) is 4.30. The fourth-order valence-electron chi connectivity index (χ4n) is 2.30. The van der Waals surface area contributed by atoms with Crippen LogP contribution in [-0.4, -0.2) is 34.7 Å². The summed E-state index contributed by atoms with van der Waals surface area (Å²) in [5.41, 5.74) is -1.48. The van der Waals surface area contributed by atoms with Crippen molar-refractivity contribution in [1.29, 1.82) is 0 Å². The molecular formula is C16H22F4N3O+. The van der Waals surface area contributed by atoms with Crippen LogP contribution < -0.4 is 10.6 Å². The van der Waals surface area contributed by atoms with Crippen molar-refractivity contribution in [3.63, 3.8) is 0 Å². The first-order valence-electron chi connectivity index (χ1n) is 7.68. The monoisotopic (exact) mass is 348 g/mol. The van der Waals surface area contributed by atoms with Crippen LogP contribution in [0, 0.1) is 11.7 Å². The quantitative estimate of drug-likeness (QED) is 0.196. The molecule has 1 aromatic carbocycles. The summed E-state index contributed by atoms with van der Waals surface area (Å²) in [5, 5.41) is 15.0. The van der Waals surface area contributed by atoms with E-state index in [0.717, 1.165) is 32.3 Å². The number of hydrogen-bond donors (Lipinski definition) is 3. The van der Waals surface area contributed by atoms with E-state index in [1.807, 2.05) is 0 Å². The van der Waals surface area contributed by atoms with Crippen LogP contribution in [0.4, 0.5) is 17.6 Å². The molecule has 0 bridgehead atoms. The number of nitrogens with one attached hydrogen (secondary N) is 2. The Bertz CT molecular complexity index is 603. The molecule has 2 rings (SSSR count). The van der Waals surface area contributed by atoms with Gasteiger partial charge >= 0.3 is 12.1 Å². The lowest BCUT2D eigenvalue weighted by atomic mass is 10.0. The average molecular weight is 348 g/mol. The summed E-state index contributed by atoms with van der Waals surface area (Å²) in [6.45, 7) is 1.98. The Morgan fingerprint density at radius 3 is 2.17 bits per heavy atom. The minimum atomic E-state index is -4.50. The van der Waals surface area contributed by atoms with Gasteiger partial charge in [0.15, 0.2) is 5.54 Å². The van der Waals surface area contributed by atoms with Gasteiger partial charge in [-0.3, -0.25) is 10.6 Å².